The highest BCUT2D eigenvalue weighted by Crippen LogP contribution is 2.35. The number of ether oxygens (including phenoxy) is 1. The Kier molecular flexibility index (Phi) is 3.82. The average Bonchev–Trinajstić information content (AvgIpc) is 3.28. The van der Waals surface area contributed by atoms with Gasteiger partial charge < -0.3 is 9.30 Å². The average molecular weight is 334 g/mol. The van der Waals surface area contributed by atoms with Gasteiger partial charge in [0.05, 0.1) is 12.8 Å². The highest BCUT2D eigenvalue weighted by molar-refractivity contribution is 7.04. The van der Waals surface area contributed by atoms with E-state index in [4.69, 9.17) is 4.74 Å². The highest BCUT2D eigenvalue weighted by Gasteiger charge is 2.12. The second kappa shape index (κ2) is 6.13. The number of benzene rings is 2. The van der Waals surface area contributed by atoms with E-state index in [0.717, 1.165) is 34.7 Å². The Morgan fingerprint density at radius 2 is 1.83 bits per heavy atom. The molecule has 2 aromatic heterocycles. The molecule has 2 aromatic carbocycles. The van der Waals surface area contributed by atoms with Gasteiger partial charge in [-0.05, 0) is 53.7 Å². The predicted molar refractivity (Wildman–Crippen MR) is 101 cm³/mol. The lowest BCUT2D eigenvalue weighted by atomic mass is 10.0. The third kappa shape index (κ3) is 2.49. The summed E-state index contributed by atoms with van der Waals surface area (Å²) in [6.45, 7) is 3.13. The summed E-state index contributed by atoms with van der Waals surface area (Å²) in [4.78, 5) is 0. The molecule has 0 saturated carbocycles. The van der Waals surface area contributed by atoms with Gasteiger partial charge in [0.25, 0.3) is 0 Å². The minimum atomic E-state index is 0.866. The van der Waals surface area contributed by atoms with Crippen LogP contribution in [0, 0.1) is 0 Å². The molecule has 4 rings (SSSR count). The smallest absolute Gasteiger partial charge is 0.118 e. The van der Waals surface area contributed by atoms with E-state index in [1.807, 2.05) is 12.1 Å². The number of aromatic nitrogens is 2. The molecule has 0 N–H and O–H groups in total. The van der Waals surface area contributed by atoms with E-state index in [1.165, 1.54) is 22.4 Å². The molecule has 4 aromatic rings. The van der Waals surface area contributed by atoms with E-state index in [-0.39, 0.29) is 0 Å². The molecular weight excluding hydrogens is 316 g/mol. The number of fused-ring (bicyclic) bond motifs is 1. The monoisotopic (exact) mass is 334 g/mol. The zero-order valence-corrected chi connectivity index (χ0v) is 14.5. The van der Waals surface area contributed by atoms with Gasteiger partial charge >= 0.3 is 0 Å². The molecule has 2 heterocycles. The van der Waals surface area contributed by atoms with E-state index >= 15 is 0 Å². The van der Waals surface area contributed by atoms with Gasteiger partial charge in [-0.15, -0.1) is 0 Å². The summed E-state index contributed by atoms with van der Waals surface area (Å²) in [5.74, 6) is 0.866. The fourth-order valence-corrected chi connectivity index (χ4v) is 3.74. The molecular formula is C20H18N2OS. The zero-order valence-electron chi connectivity index (χ0n) is 13.7. The maximum Gasteiger partial charge on any atom is 0.118 e. The van der Waals surface area contributed by atoms with Crippen LogP contribution in [0.2, 0.25) is 0 Å². The van der Waals surface area contributed by atoms with Crippen molar-refractivity contribution >= 4 is 22.4 Å². The molecule has 0 bridgehead atoms. The van der Waals surface area contributed by atoms with Crippen molar-refractivity contribution in [3.63, 3.8) is 0 Å². The van der Waals surface area contributed by atoms with E-state index in [9.17, 15) is 0 Å². The maximum absolute atomic E-state index is 5.25. The van der Waals surface area contributed by atoms with E-state index in [0.29, 0.717) is 0 Å². The van der Waals surface area contributed by atoms with Crippen LogP contribution in [0.5, 0.6) is 5.75 Å². The van der Waals surface area contributed by atoms with E-state index < -0.39 is 0 Å². The molecule has 0 unspecified atom stereocenters. The van der Waals surface area contributed by atoms with Gasteiger partial charge in [0.2, 0.25) is 0 Å². The van der Waals surface area contributed by atoms with Gasteiger partial charge in [0.1, 0.15) is 5.75 Å². The first-order chi connectivity index (χ1) is 11.8. The fourth-order valence-electron chi connectivity index (χ4n) is 3.03. The van der Waals surface area contributed by atoms with Crippen molar-refractivity contribution in [2.24, 2.45) is 0 Å². The van der Waals surface area contributed by atoms with Crippen LogP contribution in [0.1, 0.15) is 6.92 Å². The summed E-state index contributed by atoms with van der Waals surface area (Å²) in [7, 11) is 1.69. The van der Waals surface area contributed by atoms with Gasteiger partial charge in [-0.1, -0.05) is 24.3 Å². The van der Waals surface area contributed by atoms with Crippen molar-refractivity contribution in [3.05, 3.63) is 60.1 Å². The fraction of sp³-hybridized carbons (Fsp3) is 0.150. The number of nitrogens with zero attached hydrogens (tertiary/aromatic N) is 2. The van der Waals surface area contributed by atoms with Crippen LogP contribution in [0.15, 0.2) is 60.1 Å². The summed E-state index contributed by atoms with van der Waals surface area (Å²) >= 11 is 1.50. The zero-order chi connectivity index (χ0) is 16.5. The maximum atomic E-state index is 5.25. The Morgan fingerprint density at radius 1 is 1.04 bits per heavy atom. The van der Waals surface area contributed by atoms with Crippen LogP contribution in [0.3, 0.4) is 0 Å². The lowest BCUT2D eigenvalue weighted by molar-refractivity contribution is 0.415. The lowest BCUT2D eigenvalue weighted by Crippen LogP contribution is -1.91. The molecule has 24 heavy (non-hydrogen) atoms. The van der Waals surface area contributed by atoms with Crippen LogP contribution in [-0.2, 0) is 6.54 Å². The summed E-state index contributed by atoms with van der Waals surface area (Å²) in [5, 5.41) is 3.38. The Morgan fingerprint density at radius 3 is 2.58 bits per heavy atom. The van der Waals surface area contributed by atoms with Crippen LogP contribution in [0.4, 0.5) is 0 Å². The minimum absolute atomic E-state index is 0.866. The minimum Gasteiger partial charge on any atom is -0.497 e. The van der Waals surface area contributed by atoms with Crippen molar-refractivity contribution in [2.75, 3.05) is 7.11 Å². The number of hydrogen-bond donors (Lipinski definition) is 0. The van der Waals surface area contributed by atoms with Crippen molar-refractivity contribution in [2.45, 2.75) is 13.5 Å². The van der Waals surface area contributed by atoms with Crippen LogP contribution in [0.25, 0.3) is 33.3 Å². The first-order valence-corrected chi connectivity index (χ1v) is 8.82. The van der Waals surface area contributed by atoms with Crippen molar-refractivity contribution in [1.29, 1.82) is 0 Å². The highest BCUT2D eigenvalue weighted by atomic mass is 32.1. The number of hydrogen-bond acceptors (Lipinski definition) is 3. The third-order valence-electron chi connectivity index (χ3n) is 4.36. The van der Waals surface area contributed by atoms with Crippen molar-refractivity contribution in [1.82, 2.24) is 8.94 Å². The predicted octanol–water partition coefficient (Wildman–Crippen LogP) is 5.46. The number of rotatable bonds is 4. The van der Waals surface area contributed by atoms with Gasteiger partial charge in [-0.2, -0.15) is 4.37 Å². The molecule has 0 spiro atoms. The quantitative estimate of drug-likeness (QED) is 0.495. The van der Waals surface area contributed by atoms with Crippen LogP contribution >= 0.6 is 11.5 Å². The largest absolute Gasteiger partial charge is 0.497 e. The molecule has 4 heteroatoms. The molecule has 0 amide bonds. The third-order valence-corrected chi connectivity index (χ3v) is 4.99. The van der Waals surface area contributed by atoms with E-state index in [1.54, 1.807) is 7.11 Å². The first-order valence-electron chi connectivity index (χ1n) is 7.98. The molecule has 0 aliphatic carbocycles. The van der Waals surface area contributed by atoms with Gasteiger partial charge in [0, 0.05) is 34.8 Å². The first kappa shape index (κ1) is 15.0. The second-order valence-electron chi connectivity index (χ2n) is 5.68. The normalized spacial score (nSPS) is 11.1. The van der Waals surface area contributed by atoms with Gasteiger partial charge in [-0.25, -0.2) is 0 Å². The summed E-state index contributed by atoms with van der Waals surface area (Å²) < 4.78 is 12.2. The Balaban J connectivity index is 1.81. The SMILES string of the molecule is CCn1ccc2ccc(-c3nscc3-c3ccc(OC)cc3)cc21. The second-order valence-corrected chi connectivity index (χ2v) is 6.31. The van der Waals surface area contributed by atoms with Gasteiger partial charge in [0.15, 0.2) is 0 Å². The number of aryl methyl sites for hydroxylation is 1. The Labute approximate surface area is 145 Å². The molecule has 0 aliphatic heterocycles. The van der Waals surface area contributed by atoms with Crippen LogP contribution in [-0.4, -0.2) is 16.1 Å². The standard InChI is InChI=1S/C20H18N2OS/c1-3-22-11-10-15-4-5-16(12-19(15)22)20-18(13-24-21-20)14-6-8-17(23-2)9-7-14/h4-13H,3H2,1-2H3. The van der Waals surface area contributed by atoms with Crippen LogP contribution < -0.4 is 4.74 Å². The molecule has 0 saturated heterocycles. The number of methoxy groups -OCH3 is 1. The summed E-state index contributed by atoms with van der Waals surface area (Å²) in [6.07, 6.45) is 2.14. The molecule has 0 radical (unpaired) electrons. The molecule has 0 atom stereocenters. The van der Waals surface area contributed by atoms with Gasteiger partial charge in [-0.3, -0.25) is 0 Å². The Hall–Kier alpha value is -2.59. The molecule has 0 aliphatic rings. The topological polar surface area (TPSA) is 27.1 Å². The van der Waals surface area contributed by atoms with Crippen molar-refractivity contribution in [3.8, 4) is 28.1 Å². The van der Waals surface area contributed by atoms with E-state index in [2.05, 4.69) is 63.8 Å². The summed E-state index contributed by atoms with van der Waals surface area (Å²) in [6, 6.07) is 16.9. The van der Waals surface area contributed by atoms with Crippen molar-refractivity contribution < 1.29 is 4.74 Å². The summed E-state index contributed by atoms with van der Waals surface area (Å²) in [5.41, 5.74) is 5.77. The molecule has 3 nitrogen and oxygen atoms in total. The molecule has 120 valence electrons. The lowest BCUT2D eigenvalue weighted by Gasteiger charge is -2.07. The Bertz CT molecular complexity index is 982. The molecule has 0 fully saturated rings.